The van der Waals surface area contributed by atoms with Crippen molar-refractivity contribution in [1.82, 2.24) is 4.57 Å². The number of fused-ring (bicyclic) bond motifs is 9. The summed E-state index contributed by atoms with van der Waals surface area (Å²) in [5, 5.41) is 26.2. The Labute approximate surface area is 214 Å². The fourth-order valence-electron chi connectivity index (χ4n) is 5.66. The van der Waals surface area contributed by atoms with Crippen molar-refractivity contribution < 1.29 is 0 Å². The molecule has 0 bridgehead atoms. The molecule has 0 unspecified atom stereocenters. The van der Waals surface area contributed by atoms with Crippen LogP contribution < -0.4 is 0 Å². The Morgan fingerprint density at radius 2 is 1.28 bits per heavy atom. The third-order valence-corrected chi connectivity index (χ3v) is 8.67. The van der Waals surface area contributed by atoms with Crippen LogP contribution in [0.2, 0.25) is 0 Å². The maximum atomic E-state index is 9.54. The topological polar surface area (TPSA) is 52.5 Å². The largest absolute Gasteiger partial charge is 0.340 e. The summed E-state index contributed by atoms with van der Waals surface area (Å²) in [6, 6.07) is 25.7. The molecule has 2 aromatic heterocycles. The molecule has 0 fully saturated rings. The van der Waals surface area contributed by atoms with Gasteiger partial charge in [-0.1, -0.05) is 63.3 Å². The predicted molar refractivity (Wildman–Crippen MR) is 153 cm³/mol. The highest BCUT2D eigenvalue weighted by Gasteiger charge is 2.17. The number of nitrogens with zero attached hydrogens (tertiary/aromatic N) is 3. The molecule has 6 rings (SSSR count). The number of rotatable bonds is 7. The molecular formula is C32H27N3S. The maximum Gasteiger partial charge on any atom is 0.0991 e. The molecule has 0 atom stereocenters. The highest BCUT2D eigenvalue weighted by atomic mass is 32.1. The first kappa shape index (κ1) is 22.6. The van der Waals surface area contributed by atoms with Crippen molar-refractivity contribution in [3.8, 4) is 12.1 Å². The van der Waals surface area contributed by atoms with Gasteiger partial charge in [0.15, 0.2) is 0 Å². The number of aromatic nitrogens is 1. The van der Waals surface area contributed by atoms with Gasteiger partial charge in [0, 0.05) is 53.8 Å². The molecule has 0 saturated heterocycles. The lowest BCUT2D eigenvalue weighted by molar-refractivity contribution is 0.571. The lowest BCUT2D eigenvalue weighted by atomic mass is 10.0. The van der Waals surface area contributed by atoms with Crippen LogP contribution in [-0.4, -0.2) is 4.57 Å². The van der Waals surface area contributed by atoms with Gasteiger partial charge in [-0.15, -0.1) is 11.3 Å². The third kappa shape index (κ3) is 3.62. The zero-order valence-electron chi connectivity index (χ0n) is 20.5. The average molecular weight is 486 g/mol. The number of benzene rings is 4. The molecule has 4 aromatic carbocycles. The van der Waals surface area contributed by atoms with Gasteiger partial charge in [0.1, 0.15) is 0 Å². The van der Waals surface area contributed by atoms with Crippen molar-refractivity contribution in [2.75, 3.05) is 0 Å². The fourth-order valence-corrected chi connectivity index (χ4v) is 6.87. The quantitative estimate of drug-likeness (QED) is 0.211. The van der Waals surface area contributed by atoms with E-state index in [0.29, 0.717) is 11.1 Å². The van der Waals surface area contributed by atoms with Gasteiger partial charge >= 0.3 is 0 Å². The standard InChI is InChI=1S/C32H27N3S/c1-2-3-4-5-6-7-16-35-29-14-8-21(19-33)17-27(29)24-11-12-25-23(31(24)35)10-13-26-28-18-22(20-34)9-15-30(28)36-32(25)26/h8-15,17-18H,2-7,16H2,1H3. The summed E-state index contributed by atoms with van der Waals surface area (Å²) in [5.74, 6) is 0. The van der Waals surface area contributed by atoms with E-state index in [1.807, 2.05) is 24.3 Å². The van der Waals surface area contributed by atoms with Crippen LogP contribution in [0.1, 0.15) is 56.6 Å². The van der Waals surface area contributed by atoms with Gasteiger partial charge in [-0.2, -0.15) is 10.5 Å². The number of hydrogen-bond donors (Lipinski definition) is 0. The number of hydrogen-bond acceptors (Lipinski definition) is 3. The van der Waals surface area contributed by atoms with Crippen LogP contribution in [0.25, 0.3) is 52.8 Å². The second-order valence-corrected chi connectivity index (χ2v) is 10.7. The summed E-state index contributed by atoms with van der Waals surface area (Å²) in [6.07, 6.45) is 7.58. The summed E-state index contributed by atoms with van der Waals surface area (Å²) in [5.41, 5.74) is 3.88. The van der Waals surface area contributed by atoms with Crippen LogP contribution in [-0.2, 0) is 6.54 Å². The summed E-state index contributed by atoms with van der Waals surface area (Å²) in [6.45, 7) is 3.24. The molecule has 36 heavy (non-hydrogen) atoms. The summed E-state index contributed by atoms with van der Waals surface area (Å²) in [7, 11) is 0. The summed E-state index contributed by atoms with van der Waals surface area (Å²) >= 11 is 1.81. The van der Waals surface area contributed by atoms with Crippen molar-refractivity contribution in [2.45, 2.75) is 52.0 Å². The number of unbranched alkanes of at least 4 members (excludes halogenated alkanes) is 5. The first-order chi connectivity index (χ1) is 17.7. The van der Waals surface area contributed by atoms with E-state index < -0.39 is 0 Å². The lowest BCUT2D eigenvalue weighted by Gasteiger charge is -2.10. The highest BCUT2D eigenvalue weighted by Crippen LogP contribution is 2.42. The zero-order valence-corrected chi connectivity index (χ0v) is 21.3. The van der Waals surface area contributed by atoms with E-state index in [1.165, 1.54) is 74.1 Å². The van der Waals surface area contributed by atoms with E-state index in [-0.39, 0.29) is 0 Å². The van der Waals surface area contributed by atoms with Crippen molar-refractivity contribution in [2.24, 2.45) is 0 Å². The molecular weight excluding hydrogens is 458 g/mol. The van der Waals surface area contributed by atoms with Gasteiger partial charge in [-0.3, -0.25) is 0 Å². The van der Waals surface area contributed by atoms with Gasteiger partial charge in [0.05, 0.1) is 28.8 Å². The monoisotopic (exact) mass is 485 g/mol. The first-order valence-corrected chi connectivity index (χ1v) is 13.7. The van der Waals surface area contributed by atoms with Gasteiger partial charge in [0.2, 0.25) is 0 Å². The van der Waals surface area contributed by atoms with Crippen molar-refractivity contribution >= 4 is 64.1 Å². The molecule has 0 amide bonds. The fraction of sp³-hybridized carbons (Fsp3) is 0.250. The molecule has 176 valence electrons. The van der Waals surface area contributed by atoms with Crippen molar-refractivity contribution in [1.29, 1.82) is 10.5 Å². The van der Waals surface area contributed by atoms with Crippen molar-refractivity contribution in [3.63, 3.8) is 0 Å². The zero-order chi connectivity index (χ0) is 24.6. The summed E-state index contributed by atoms with van der Waals surface area (Å²) < 4.78 is 4.97. The molecule has 0 N–H and O–H groups in total. The Morgan fingerprint density at radius 1 is 0.667 bits per heavy atom. The van der Waals surface area contributed by atoms with Gasteiger partial charge in [-0.05, 0) is 42.8 Å². The van der Waals surface area contributed by atoms with E-state index >= 15 is 0 Å². The van der Waals surface area contributed by atoms with E-state index in [1.54, 1.807) is 11.3 Å². The molecule has 0 radical (unpaired) electrons. The normalized spacial score (nSPS) is 11.6. The van der Waals surface area contributed by atoms with Crippen LogP contribution in [0.5, 0.6) is 0 Å². The predicted octanol–water partition coefficient (Wildman–Crippen LogP) is 9.42. The Bertz CT molecular complexity index is 1860. The van der Waals surface area contributed by atoms with Gasteiger partial charge in [-0.25, -0.2) is 0 Å². The number of nitriles is 2. The van der Waals surface area contributed by atoms with Crippen LogP contribution >= 0.6 is 11.3 Å². The molecule has 0 aliphatic rings. The van der Waals surface area contributed by atoms with E-state index in [4.69, 9.17) is 0 Å². The van der Waals surface area contributed by atoms with Crippen LogP contribution in [0.3, 0.4) is 0 Å². The Morgan fingerprint density at radius 3 is 2.03 bits per heavy atom. The van der Waals surface area contributed by atoms with E-state index in [9.17, 15) is 10.5 Å². The smallest absolute Gasteiger partial charge is 0.0991 e. The average Bonchev–Trinajstić information content (AvgIpc) is 3.45. The summed E-state index contributed by atoms with van der Waals surface area (Å²) in [4.78, 5) is 0. The van der Waals surface area contributed by atoms with Crippen LogP contribution in [0, 0.1) is 22.7 Å². The first-order valence-electron chi connectivity index (χ1n) is 12.9. The van der Waals surface area contributed by atoms with E-state index in [2.05, 4.69) is 60.0 Å². The van der Waals surface area contributed by atoms with Crippen LogP contribution in [0.4, 0.5) is 0 Å². The Kier molecular flexibility index (Phi) is 5.84. The van der Waals surface area contributed by atoms with Gasteiger partial charge < -0.3 is 4.57 Å². The second kappa shape index (κ2) is 9.30. The second-order valence-electron chi connectivity index (χ2n) is 9.69. The van der Waals surface area contributed by atoms with Crippen molar-refractivity contribution in [3.05, 3.63) is 71.8 Å². The van der Waals surface area contributed by atoms with Gasteiger partial charge in [0.25, 0.3) is 0 Å². The molecule has 3 nitrogen and oxygen atoms in total. The molecule has 6 aromatic rings. The van der Waals surface area contributed by atoms with E-state index in [0.717, 1.165) is 23.7 Å². The highest BCUT2D eigenvalue weighted by molar-refractivity contribution is 7.26. The third-order valence-electron chi connectivity index (χ3n) is 7.45. The minimum absolute atomic E-state index is 0.699. The Balaban J connectivity index is 1.57. The molecule has 2 heterocycles. The van der Waals surface area contributed by atoms with Crippen LogP contribution in [0.15, 0.2) is 60.7 Å². The Hall–Kier alpha value is -3.86. The SMILES string of the molecule is CCCCCCCCn1c2ccc(C#N)cc2c2ccc3c(ccc4c5cc(C#N)ccc5sc43)c21. The number of aryl methyl sites for hydroxylation is 1. The lowest BCUT2D eigenvalue weighted by Crippen LogP contribution is -1.98. The molecule has 0 aliphatic heterocycles. The minimum atomic E-state index is 0.699. The molecule has 0 spiro atoms. The molecule has 0 aliphatic carbocycles. The maximum absolute atomic E-state index is 9.54. The number of thiophene rings is 1. The molecule has 4 heteroatoms. The molecule has 0 saturated carbocycles. The minimum Gasteiger partial charge on any atom is -0.340 e.